The molecule has 2 aliphatic heterocycles. The predicted molar refractivity (Wildman–Crippen MR) is 69.0 cm³/mol. The van der Waals surface area contributed by atoms with Crippen molar-refractivity contribution in [1.29, 1.82) is 5.41 Å². The Hall–Kier alpha value is -0.660. The maximum atomic E-state index is 12.2. The van der Waals surface area contributed by atoms with E-state index in [-0.39, 0.29) is 23.6 Å². The first-order valence-corrected chi connectivity index (χ1v) is 8.03. The van der Waals surface area contributed by atoms with E-state index in [1.165, 1.54) is 4.31 Å². The first-order valence-electron chi connectivity index (χ1n) is 6.42. The monoisotopic (exact) mass is 275 g/mol. The van der Waals surface area contributed by atoms with Gasteiger partial charge in [-0.15, -0.1) is 0 Å². The minimum atomic E-state index is -3.28. The van der Waals surface area contributed by atoms with Crippen molar-refractivity contribution < 1.29 is 13.2 Å². The molecule has 6 nitrogen and oxygen atoms in total. The molecule has 0 spiro atoms. The third-order valence-corrected chi connectivity index (χ3v) is 5.55. The van der Waals surface area contributed by atoms with Crippen LogP contribution in [0.4, 0.5) is 0 Å². The summed E-state index contributed by atoms with van der Waals surface area (Å²) in [5.41, 5.74) is 5.47. The lowest BCUT2D eigenvalue weighted by atomic mass is 9.99. The standard InChI is InChI=1S/C11H21N3O3S/c12-11(13)9-3-1-5-14(7-9)18(15,16)8-10-4-2-6-17-10/h9-10H,1-8H2,(H3,12,13). The summed E-state index contributed by atoms with van der Waals surface area (Å²) in [6, 6.07) is 0. The molecule has 104 valence electrons. The first kappa shape index (κ1) is 13.8. The zero-order valence-corrected chi connectivity index (χ0v) is 11.3. The van der Waals surface area contributed by atoms with Crippen LogP contribution in [-0.4, -0.2) is 50.1 Å². The lowest BCUT2D eigenvalue weighted by Crippen LogP contribution is -2.46. The Morgan fingerprint density at radius 3 is 2.78 bits per heavy atom. The molecule has 0 aromatic rings. The van der Waals surface area contributed by atoms with Gasteiger partial charge in [0.15, 0.2) is 0 Å². The van der Waals surface area contributed by atoms with Crippen LogP contribution in [-0.2, 0) is 14.8 Å². The van der Waals surface area contributed by atoms with E-state index < -0.39 is 10.0 Å². The maximum Gasteiger partial charge on any atom is 0.216 e. The lowest BCUT2D eigenvalue weighted by Gasteiger charge is -2.31. The molecule has 0 amide bonds. The highest BCUT2D eigenvalue weighted by atomic mass is 32.2. The summed E-state index contributed by atoms with van der Waals surface area (Å²) in [6.07, 6.45) is 3.18. The molecule has 0 aliphatic carbocycles. The molecule has 2 fully saturated rings. The second kappa shape index (κ2) is 5.54. The summed E-state index contributed by atoms with van der Waals surface area (Å²) in [7, 11) is -3.28. The third kappa shape index (κ3) is 3.21. The third-order valence-electron chi connectivity index (χ3n) is 3.64. The van der Waals surface area contributed by atoms with E-state index >= 15 is 0 Å². The first-order chi connectivity index (χ1) is 8.49. The van der Waals surface area contributed by atoms with Crippen LogP contribution in [0.5, 0.6) is 0 Å². The molecule has 7 heteroatoms. The second-order valence-corrected chi connectivity index (χ2v) is 7.08. The molecule has 3 N–H and O–H groups in total. The number of sulfonamides is 1. The van der Waals surface area contributed by atoms with Crippen molar-refractivity contribution in [2.24, 2.45) is 11.7 Å². The quantitative estimate of drug-likeness (QED) is 0.563. The Morgan fingerprint density at radius 1 is 1.39 bits per heavy atom. The van der Waals surface area contributed by atoms with Crippen LogP contribution in [0.3, 0.4) is 0 Å². The van der Waals surface area contributed by atoms with Gasteiger partial charge in [-0.1, -0.05) is 0 Å². The van der Waals surface area contributed by atoms with E-state index in [1.54, 1.807) is 0 Å². The molecule has 2 unspecified atom stereocenters. The highest BCUT2D eigenvalue weighted by molar-refractivity contribution is 7.89. The van der Waals surface area contributed by atoms with Crippen LogP contribution in [0.15, 0.2) is 0 Å². The van der Waals surface area contributed by atoms with Crippen molar-refractivity contribution in [3.05, 3.63) is 0 Å². The summed E-state index contributed by atoms with van der Waals surface area (Å²) in [4.78, 5) is 0. The van der Waals surface area contributed by atoms with Gasteiger partial charge in [-0.3, -0.25) is 5.41 Å². The fourth-order valence-electron chi connectivity index (χ4n) is 2.57. The van der Waals surface area contributed by atoms with Crippen LogP contribution < -0.4 is 5.73 Å². The van der Waals surface area contributed by atoms with Crippen LogP contribution in [0.1, 0.15) is 25.7 Å². The summed E-state index contributed by atoms with van der Waals surface area (Å²) in [5.74, 6) is 0.0301. The Balaban J connectivity index is 1.97. The zero-order valence-electron chi connectivity index (χ0n) is 10.5. The summed E-state index contributed by atoms with van der Waals surface area (Å²) in [6.45, 7) is 1.56. The van der Waals surface area contributed by atoms with E-state index in [0.717, 1.165) is 25.7 Å². The van der Waals surface area contributed by atoms with Crippen molar-refractivity contribution in [3.63, 3.8) is 0 Å². The SMILES string of the molecule is N=C(N)C1CCCN(S(=O)(=O)CC2CCCO2)C1. The smallest absolute Gasteiger partial charge is 0.216 e. The van der Waals surface area contributed by atoms with Gasteiger partial charge in [0.25, 0.3) is 0 Å². The second-order valence-electron chi connectivity index (χ2n) is 5.07. The van der Waals surface area contributed by atoms with Gasteiger partial charge in [-0.05, 0) is 25.7 Å². The van der Waals surface area contributed by atoms with Gasteiger partial charge in [0.2, 0.25) is 10.0 Å². The predicted octanol–water partition coefficient (Wildman–Crippen LogP) is 0.143. The van der Waals surface area contributed by atoms with Crippen molar-refractivity contribution in [2.75, 3.05) is 25.4 Å². The Kier molecular flexibility index (Phi) is 4.24. The van der Waals surface area contributed by atoms with Gasteiger partial charge in [0.05, 0.1) is 17.7 Å². The molecule has 0 radical (unpaired) electrons. The number of piperidine rings is 1. The molecule has 0 saturated carbocycles. The number of nitrogens with one attached hydrogen (secondary N) is 1. The number of hydrogen-bond donors (Lipinski definition) is 2. The van der Waals surface area contributed by atoms with Gasteiger partial charge in [0.1, 0.15) is 0 Å². The van der Waals surface area contributed by atoms with E-state index in [2.05, 4.69) is 0 Å². The Morgan fingerprint density at radius 2 is 2.17 bits per heavy atom. The van der Waals surface area contributed by atoms with Gasteiger partial charge in [0, 0.05) is 25.6 Å². The highest BCUT2D eigenvalue weighted by Crippen LogP contribution is 2.22. The van der Waals surface area contributed by atoms with Gasteiger partial charge in [-0.2, -0.15) is 0 Å². The molecule has 2 atom stereocenters. The molecule has 0 bridgehead atoms. The molecule has 18 heavy (non-hydrogen) atoms. The summed E-state index contributed by atoms with van der Waals surface area (Å²) >= 11 is 0. The van der Waals surface area contributed by atoms with Gasteiger partial charge in [-0.25, -0.2) is 12.7 Å². The molecule has 0 aromatic carbocycles. The van der Waals surface area contributed by atoms with Crippen molar-refractivity contribution in [3.8, 4) is 0 Å². The number of amidine groups is 1. The van der Waals surface area contributed by atoms with E-state index in [4.69, 9.17) is 15.9 Å². The minimum absolute atomic E-state index is 0.0671. The van der Waals surface area contributed by atoms with E-state index in [1.807, 2.05) is 0 Å². The lowest BCUT2D eigenvalue weighted by molar-refractivity contribution is 0.126. The van der Waals surface area contributed by atoms with Crippen LogP contribution in [0, 0.1) is 11.3 Å². The molecule has 0 aromatic heterocycles. The maximum absolute atomic E-state index is 12.2. The fourth-order valence-corrected chi connectivity index (χ4v) is 4.32. The average Bonchev–Trinajstić information content (AvgIpc) is 2.81. The Bertz CT molecular complexity index is 404. The normalized spacial score (nSPS) is 30.4. The molecular formula is C11H21N3O3S. The topological polar surface area (TPSA) is 96.5 Å². The van der Waals surface area contributed by atoms with E-state index in [0.29, 0.717) is 19.7 Å². The average molecular weight is 275 g/mol. The zero-order chi connectivity index (χ0) is 13.2. The molecule has 2 aliphatic rings. The number of hydrogen-bond acceptors (Lipinski definition) is 4. The van der Waals surface area contributed by atoms with Crippen LogP contribution in [0.2, 0.25) is 0 Å². The van der Waals surface area contributed by atoms with Crippen molar-refractivity contribution in [2.45, 2.75) is 31.8 Å². The molecule has 2 saturated heterocycles. The number of nitrogens with zero attached hydrogens (tertiary/aromatic N) is 1. The Labute approximate surface area is 108 Å². The largest absolute Gasteiger partial charge is 0.387 e. The number of ether oxygens (including phenoxy) is 1. The van der Waals surface area contributed by atoms with Crippen molar-refractivity contribution >= 4 is 15.9 Å². The van der Waals surface area contributed by atoms with Crippen molar-refractivity contribution in [1.82, 2.24) is 4.31 Å². The number of rotatable bonds is 4. The van der Waals surface area contributed by atoms with Gasteiger partial charge < -0.3 is 10.5 Å². The van der Waals surface area contributed by atoms with Crippen LogP contribution in [0.25, 0.3) is 0 Å². The minimum Gasteiger partial charge on any atom is -0.387 e. The van der Waals surface area contributed by atoms with E-state index in [9.17, 15) is 8.42 Å². The van der Waals surface area contributed by atoms with Gasteiger partial charge >= 0.3 is 0 Å². The molecule has 2 rings (SSSR count). The fraction of sp³-hybridized carbons (Fsp3) is 0.909. The van der Waals surface area contributed by atoms with Crippen LogP contribution >= 0.6 is 0 Å². The molecular weight excluding hydrogens is 254 g/mol. The summed E-state index contributed by atoms with van der Waals surface area (Å²) < 4.78 is 31.3. The highest BCUT2D eigenvalue weighted by Gasteiger charge is 2.33. The summed E-state index contributed by atoms with van der Waals surface area (Å²) in [5, 5.41) is 7.44. The molecule has 2 heterocycles. The number of nitrogens with two attached hydrogens (primary N) is 1.